The van der Waals surface area contributed by atoms with Gasteiger partial charge in [0.25, 0.3) is 0 Å². The molecule has 0 atom stereocenters. The summed E-state index contributed by atoms with van der Waals surface area (Å²) >= 11 is 0. The molecule has 0 amide bonds. The van der Waals surface area contributed by atoms with Gasteiger partial charge in [0.2, 0.25) is 5.78 Å². The van der Waals surface area contributed by atoms with Crippen molar-refractivity contribution in [2.75, 3.05) is 0 Å². The summed E-state index contributed by atoms with van der Waals surface area (Å²) in [5.74, 6) is -4.51. The molecule has 0 aliphatic rings. The molecule has 0 saturated carbocycles. The minimum absolute atomic E-state index is 0.0427. The summed E-state index contributed by atoms with van der Waals surface area (Å²) in [5.41, 5.74) is 1.31. The van der Waals surface area contributed by atoms with Gasteiger partial charge in [-0.2, -0.15) is 8.78 Å². The molecule has 2 aromatic carbocycles. The minimum Gasteiger partial charge on any atom is -0.287 e. The number of alkyl halides is 2. The number of hydrogen-bond acceptors (Lipinski definition) is 1. The Morgan fingerprint density at radius 1 is 1.00 bits per heavy atom. The number of halogens is 2. The average molecular weight is 260 g/mol. The van der Waals surface area contributed by atoms with Crippen molar-refractivity contribution in [1.29, 1.82) is 0 Å². The molecule has 0 aliphatic carbocycles. The van der Waals surface area contributed by atoms with Gasteiger partial charge in [0.05, 0.1) is 0 Å². The van der Waals surface area contributed by atoms with E-state index in [-0.39, 0.29) is 5.56 Å². The van der Waals surface area contributed by atoms with E-state index in [0.717, 1.165) is 5.56 Å². The molecular formula is C16H14F2O. The van der Waals surface area contributed by atoms with Gasteiger partial charge in [-0.15, -0.1) is 0 Å². The van der Waals surface area contributed by atoms with Gasteiger partial charge in [-0.25, -0.2) is 0 Å². The van der Waals surface area contributed by atoms with Crippen LogP contribution in [-0.4, -0.2) is 11.7 Å². The molecule has 0 aromatic heterocycles. The van der Waals surface area contributed by atoms with Crippen LogP contribution in [0.4, 0.5) is 8.78 Å². The van der Waals surface area contributed by atoms with Gasteiger partial charge in [-0.3, -0.25) is 4.79 Å². The van der Waals surface area contributed by atoms with Crippen molar-refractivity contribution in [3.05, 3.63) is 71.3 Å². The van der Waals surface area contributed by atoms with E-state index in [1.54, 1.807) is 49.4 Å². The molecule has 2 rings (SSSR count). The molecule has 1 nitrogen and oxygen atoms in total. The molecule has 0 saturated heterocycles. The first-order chi connectivity index (χ1) is 9.00. The van der Waals surface area contributed by atoms with Gasteiger partial charge in [0.1, 0.15) is 0 Å². The number of hydrogen-bond donors (Lipinski definition) is 0. The Hall–Kier alpha value is -2.03. The van der Waals surface area contributed by atoms with Gasteiger partial charge in [-0.05, 0) is 18.1 Å². The molecule has 98 valence electrons. The Kier molecular flexibility index (Phi) is 3.74. The summed E-state index contributed by atoms with van der Waals surface area (Å²) in [5, 5.41) is 0. The molecular weight excluding hydrogens is 246 g/mol. The van der Waals surface area contributed by atoms with Gasteiger partial charge >= 0.3 is 5.92 Å². The second kappa shape index (κ2) is 5.31. The molecule has 0 aliphatic heterocycles. The Labute approximate surface area is 110 Å². The lowest BCUT2D eigenvalue weighted by Gasteiger charge is -2.16. The first-order valence-corrected chi connectivity index (χ1v) is 6.03. The Morgan fingerprint density at radius 3 is 2.21 bits per heavy atom. The normalized spacial score (nSPS) is 11.3. The third-order valence-corrected chi connectivity index (χ3v) is 3.04. The fourth-order valence-electron chi connectivity index (χ4n) is 1.93. The predicted molar refractivity (Wildman–Crippen MR) is 70.6 cm³/mol. The van der Waals surface area contributed by atoms with Gasteiger partial charge in [0.15, 0.2) is 0 Å². The minimum atomic E-state index is -3.38. The van der Waals surface area contributed by atoms with Crippen LogP contribution >= 0.6 is 0 Å². The zero-order valence-electron chi connectivity index (χ0n) is 10.6. The highest BCUT2D eigenvalue weighted by Gasteiger charge is 2.39. The summed E-state index contributed by atoms with van der Waals surface area (Å²) in [6, 6.07) is 14.5. The van der Waals surface area contributed by atoms with Crippen LogP contribution in [0, 0.1) is 6.92 Å². The largest absolute Gasteiger partial charge is 0.313 e. The van der Waals surface area contributed by atoms with Crippen molar-refractivity contribution in [2.45, 2.75) is 19.3 Å². The SMILES string of the molecule is Cc1ccccc1CC(F)(F)C(=O)c1ccccc1. The van der Waals surface area contributed by atoms with Crippen molar-refractivity contribution in [2.24, 2.45) is 0 Å². The standard InChI is InChI=1S/C16H14F2O/c1-12-7-5-6-10-14(12)11-16(17,18)15(19)13-8-3-2-4-9-13/h2-10H,11H2,1H3. The van der Waals surface area contributed by atoms with Crippen molar-refractivity contribution >= 4 is 5.78 Å². The lowest BCUT2D eigenvalue weighted by Crippen LogP contribution is -2.31. The van der Waals surface area contributed by atoms with E-state index in [2.05, 4.69) is 0 Å². The van der Waals surface area contributed by atoms with Crippen molar-refractivity contribution < 1.29 is 13.6 Å². The number of ketones is 1. The number of benzene rings is 2. The Bertz CT molecular complexity index is 576. The van der Waals surface area contributed by atoms with Crippen LogP contribution in [0.5, 0.6) is 0 Å². The Morgan fingerprint density at radius 2 is 1.58 bits per heavy atom. The lowest BCUT2D eigenvalue weighted by molar-refractivity contribution is 0.0105. The third kappa shape index (κ3) is 3.05. The fourth-order valence-corrected chi connectivity index (χ4v) is 1.93. The van der Waals surface area contributed by atoms with E-state index in [1.165, 1.54) is 12.1 Å². The topological polar surface area (TPSA) is 17.1 Å². The van der Waals surface area contributed by atoms with Crippen LogP contribution in [-0.2, 0) is 6.42 Å². The van der Waals surface area contributed by atoms with E-state index >= 15 is 0 Å². The number of Topliss-reactive ketones (excluding diaryl/α,β-unsaturated/α-hetero) is 1. The second-order valence-electron chi connectivity index (χ2n) is 4.50. The van der Waals surface area contributed by atoms with E-state index < -0.39 is 18.1 Å². The average Bonchev–Trinajstić information content (AvgIpc) is 2.41. The van der Waals surface area contributed by atoms with Crippen LogP contribution in [0.25, 0.3) is 0 Å². The number of rotatable bonds is 4. The van der Waals surface area contributed by atoms with Crippen LogP contribution in [0.15, 0.2) is 54.6 Å². The van der Waals surface area contributed by atoms with Crippen LogP contribution < -0.4 is 0 Å². The molecule has 0 heterocycles. The summed E-state index contributed by atoms with van der Waals surface area (Å²) in [4.78, 5) is 11.8. The van der Waals surface area contributed by atoms with Gasteiger partial charge < -0.3 is 0 Å². The van der Waals surface area contributed by atoms with Gasteiger partial charge in [-0.1, -0.05) is 54.6 Å². The predicted octanol–water partition coefficient (Wildman–Crippen LogP) is 4.06. The molecule has 0 radical (unpaired) electrons. The quantitative estimate of drug-likeness (QED) is 0.758. The first kappa shape index (κ1) is 13.4. The molecule has 3 heteroatoms. The van der Waals surface area contributed by atoms with E-state index in [0.29, 0.717) is 5.56 Å². The van der Waals surface area contributed by atoms with E-state index in [1.807, 2.05) is 0 Å². The lowest BCUT2D eigenvalue weighted by atomic mass is 9.96. The van der Waals surface area contributed by atoms with Crippen LogP contribution in [0.2, 0.25) is 0 Å². The Balaban J connectivity index is 2.24. The van der Waals surface area contributed by atoms with E-state index in [9.17, 15) is 13.6 Å². The fraction of sp³-hybridized carbons (Fsp3) is 0.188. The molecule has 0 unspecified atom stereocenters. The third-order valence-electron chi connectivity index (χ3n) is 3.04. The molecule has 0 spiro atoms. The highest BCUT2D eigenvalue weighted by molar-refractivity contribution is 6.01. The highest BCUT2D eigenvalue weighted by atomic mass is 19.3. The smallest absolute Gasteiger partial charge is 0.287 e. The van der Waals surface area contributed by atoms with Crippen molar-refractivity contribution in [3.63, 3.8) is 0 Å². The summed E-state index contributed by atoms with van der Waals surface area (Å²) in [6.45, 7) is 1.76. The maximum absolute atomic E-state index is 14.0. The van der Waals surface area contributed by atoms with Crippen LogP contribution in [0.1, 0.15) is 21.5 Å². The first-order valence-electron chi connectivity index (χ1n) is 6.03. The maximum Gasteiger partial charge on any atom is 0.313 e. The summed E-state index contributed by atoms with van der Waals surface area (Å²) in [6.07, 6.45) is -0.562. The molecule has 0 bridgehead atoms. The van der Waals surface area contributed by atoms with Crippen molar-refractivity contribution in [1.82, 2.24) is 0 Å². The van der Waals surface area contributed by atoms with Gasteiger partial charge in [0, 0.05) is 12.0 Å². The van der Waals surface area contributed by atoms with Crippen molar-refractivity contribution in [3.8, 4) is 0 Å². The zero-order chi connectivity index (χ0) is 13.9. The monoisotopic (exact) mass is 260 g/mol. The number of carbonyl (C=O) groups is 1. The van der Waals surface area contributed by atoms with E-state index in [4.69, 9.17) is 0 Å². The summed E-state index contributed by atoms with van der Waals surface area (Å²) < 4.78 is 28.0. The van der Waals surface area contributed by atoms with Crippen LogP contribution in [0.3, 0.4) is 0 Å². The molecule has 19 heavy (non-hydrogen) atoms. The second-order valence-corrected chi connectivity index (χ2v) is 4.50. The molecule has 0 fully saturated rings. The summed E-state index contributed by atoms with van der Waals surface area (Å²) in [7, 11) is 0. The zero-order valence-corrected chi connectivity index (χ0v) is 10.6. The molecule has 0 N–H and O–H groups in total. The maximum atomic E-state index is 14.0. The molecule has 2 aromatic rings. The highest BCUT2D eigenvalue weighted by Crippen LogP contribution is 2.26. The number of aryl methyl sites for hydroxylation is 1. The number of carbonyl (C=O) groups excluding carboxylic acids is 1.